The SMILES string of the molecule is O=C(NCCC1CCCCC1)NCc1cccc(Cl)c1. The molecule has 0 unspecified atom stereocenters. The molecule has 0 radical (unpaired) electrons. The summed E-state index contributed by atoms with van der Waals surface area (Å²) in [5.41, 5.74) is 1.01. The van der Waals surface area contributed by atoms with E-state index < -0.39 is 0 Å². The van der Waals surface area contributed by atoms with E-state index in [4.69, 9.17) is 11.6 Å². The molecule has 1 aliphatic carbocycles. The number of nitrogens with one attached hydrogen (secondary N) is 2. The average molecular weight is 295 g/mol. The van der Waals surface area contributed by atoms with E-state index in [1.54, 1.807) is 0 Å². The molecule has 0 aliphatic heterocycles. The number of urea groups is 1. The smallest absolute Gasteiger partial charge is 0.315 e. The third-order valence-corrected chi connectivity index (χ3v) is 4.14. The van der Waals surface area contributed by atoms with Gasteiger partial charge < -0.3 is 10.6 Å². The maximum absolute atomic E-state index is 11.7. The first kappa shape index (κ1) is 15.2. The molecule has 3 nitrogen and oxygen atoms in total. The zero-order valence-electron chi connectivity index (χ0n) is 11.8. The van der Waals surface area contributed by atoms with Gasteiger partial charge in [0, 0.05) is 18.1 Å². The molecule has 2 rings (SSSR count). The lowest BCUT2D eigenvalue weighted by Crippen LogP contribution is -2.36. The van der Waals surface area contributed by atoms with Crippen LogP contribution in [0.2, 0.25) is 5.02 Å². The fourth-order valence-electron chi connectivity index (χ4n) is 2.76. The second-order valence-corrected chi connectivity index (χ2v) is 5.97. The summed E-state index contributed by atoms with van der Waals surface area (Å²) in [6.45, 7) is 1.28. The van der Waals surface area contributed by atoms with Crippen molar-refractivity contribution in [2.45, 2.75) is 45.1 Å². The van der Waals surface area contributed by atoms with E-state index >= 15 is 0 Å². The van der Waals surface area contributed by atoms with Crippen LogP contribution in [-0.2, 0) is 6.54 Å². The molecule has 0 aromatic heterocycles. The van der Waals surface area contributed by atoms with E-state index in [9.17, 15) is 4.79 Å². The Labute approximate surface area is 126 Å². The molecule has 0 heterocycles. The lowest BCUT2D eigenvalue weighted by Gasteiger charge is -2.21. The van der Waals surface area contributed by atoms with Crippen LogP contribution in [0.4, 0.5) is 4.79 Å². The predicted octanol–water partition coefficient (Wildman–Crippen LogP) is 4.11. The third-order valence-electron chi connectivity index (χ3n) is 3.90. The zero-order valence-corrected chi connectivity index (χ0v) is 12.6. The predicted molar refractivity (Wildman–Crippen MR) is 82.9 cm³/mol. The van der Waals surface area contributed by atoms with Crippen molar-refractivity contribution in [1.82, 2.24) is 10.6 Å². The standard InChI is InChI=1S/C16H23ClN2O/c17-15-8-4-7-14(11-15)12-19-16(20)18-10-9-13-5-2-1-3-6-13/h4,7-8,11,13H,1-3,5-6,9-10,12H2,(H2,18,19,20). The Hall–Kier alpha value is -1.22. The highest BCUT2D eigenvalue weighted by Crippen LogP contribution is 2.25. The average Bonchev–Trinajstić information content (AvgIpc) is 2.46. The van der Waals surface area contributed by atoms with Crippen molar-refractivity contribution in [1.29, 1.82) is 0 Å². The maximum Gasteiger partial charge on any atom is 0.315 e. The van der Waals surface area contributed by atoms with Crippen molar-refractivity contribution in [3.8, 4) is 0 Å². The number of amides is 2. The van der Waals surface area contributed by atoms with Gasteiger partial charge in [-0.2, -0.15) is 0 Å². The summed E-state index contributed by atoms with van der Waals surface area (Å²) in [5, 5.41) is 6.48. The minimum absolute atomic E-state index is 0.0965. The summed E-state index contributed by atoms with van der Waals surface area (Å²) >= 11 is 5.90. The van der Waals surface area contributed by atoms with Gasteiger partial charge >= 0.3 is 6.03 Å². The van der Waals surface area contributed by atoms with E-state index in [0.29, 0.717) is 11.6 Å². The Bertz CT molecular complexity index is 430. The highest BCUT2D eigenvalue weighted by atomic mass is 35.5. The van der Waals surface area contributed by atoms with Crippen LogP contribution >= 0.6 is 11.6 Å². The van der Waals surface area contributed by atoms with E-state index in [2.05, 4.69) is 10.6 Å². The Balaban J connectivity index is 1.60. The van der Waals surface area contributed by atoms with Gasteiger partial charge in [-0.3, -0.25) is 0 Å². The Morgan fingerprint density at radius 2 is 2.00 bits per heavy atom. The zero-order chi connectivity index (χ0) is 14.2. The first-order valence-electron chi connectivity index (χ1n) is 7.50. The quantitative estimate of drug-likeness (QED) is 0.843. The molecule has 2 N–H and O–H groups in total. The van der Waals surface area contributed by atoms with E-state index in [1.165, 1.54) is 32.1 Å². The van der Waals surface area contributed by atoms with E-state index in [-0.39, 0.29) is 6.03 Å². The van der Waals surface area contributed by atoms with Gasteiger partial charge in [0.15, 0.2) is 0 Å². The van der Waals surface area contributed by atoms with Gasteiger partial charge in [0.1, 0.15) is 0 Å². The van der Waals surface area contributed by atoms with Gasteiger partial charge in [-0.25, -0.2) is 4.79 Å². The molecule has 0 spiro atoms. The minimum Gasteiger partial charge on any atom is -0.338 e. The lowest BCUT2D eigenvalue weighted by molar-refractivity contribution is 0.238. The number of benzene rings is 1. The van der Waals surface area contributed by atoms with Crippen LogP contribution in [0.15, 0.2) is 24.3 Å². The second kappa shape index (κ2) is 8.15. The van der Waals surface area contributed by atoms with Crippen molar-refractivity contribution in [3.05, 3.63) is 34.9 Å². The molecule has 1 aromatic carbocycles. The Kier molecular flexibility index (Phi) is 6.19. The van der Waals surface area contributed by atoms with Gasteiger partial charge in [0.25, 0.3) is 0 Å². The minimum atomic E-state index is -0.0965. The van der Waals surface area contributed by atoms with Crippen molar-refractivity contribution in [2.75, 3.05) is 6.54 Å². The van der Waals surface area contributed by atoms with Gasteiger partial charge in [-0.1, -0.05) is 55.8 Å². The van der Waals surface area contributed by atoms with Crippen molar-refractivity contribution in [3.63, 3.8) is 0 Å². The molecule has 1 aliphatic rings. The molecule has 1 saturated carbocycles. The third kappa shape index (κ3) is 5.41. The van der Waals surface area contributed by atoms with Crippen LogP contribution in [0.25, 0.3) is 0 Å². The summed E-state index contributed by atoms with van der Waals surface area (Å²) < 4.78 is 0. The number of carbonyl (C=O) groups excluding carboxylic acids is 1. The molecule has 1 fully saturated rings. The molecule has 0 saturated heterocycles. The first-order valence-corrected chi connectivity index (χ1v) is 7.88. The molecular weight excluding hydrogens is 272 g/mol. The number of rotatable bonds is 5. The van der Waals surface area contributed by atoms with Gasteiger partial charge in [0.2, 0.25) is 0 Å². The fourth-order valence-corrected chi connectivity index (χ4v) is 2.97. The molecule has 110 valence electrons. The molecule has 4 heteroatoms. The fraction of sp³-hybridized carbons (Fsp3) is 0.562. The summed E-state index contributed by atoms with van der Waals surface area (Å²) in [5.74, 6) is 0.803. The topological polar surface area (TPSA) is 41.1 Å². The molecular formula is C16H23ClN2O. The number of hydrogen-bond donors (Lipinski definition) is 2. The largest absolute Gasteiger partial charge is 0.338 e. The number of hydrogen-bond acceptors (Lipinski definition) is 1. The van der Waals surface area contributed by atoms with Crippen molar-refractivity contribution < 1.29 is 4.79 Å². The van der Waals surface area contributed by atoms with Gasteiger partial charge in [0.05, 0.1) is 0 Å². The summed E-state index contributed by atoms with van der Waals surface area (Å²) in [6.07, 6.45) is 7.84. The summed E-state index contributed by atoms with van der Waals surface area (Å²) in [6, 6.07) is 7.44. The van der Waals surface area contributed by atoms with Crippen LogP contribution in [-0.4, -0.2) is 12.6 Å². The highest BCUT2D eigenvalue weighted by molar-refractivity contribution is 6.30. The van der Waals surface area contributed by atoms with Crippen LogP contribution in [0, 0.1) is 5.92 Å². The molecule has 20 heavy (non-hydrogen) atoms. The first-order chi connectivity index (χ1) is 9.74. The number of carbonyl (C=O) groups is 1. The van der Waals surface area contributed by atoms with Crippen molar-refractivity contribution >= 4 is 17.6 Å². The Morgan fingerprint density at radius 3 is 2.75 bits per heavy atom. The molecule has 2 amide bonds. The van der Waals surface area contributed by atoms with E-state index in [1.807, 2.05) is 24.3 Å². The maximum atomic E-state index is 11.7. The van der Waals surface area contributed by atoms with Crippen LogP contribution in [0.3, 0.4) is 0 Å². The summed E-state index contributed by atoms with van der Waals surface area (Å²) in [7, 11) is 0. The van der Waals surface area contributed by atoms with Gasteiger partial charge in [-0.05, 0) is 30.0 Å². The molecule has 0 bridgehead atoms. The number of halogens is 1. The summed E-state index contributed by atoms with van der Waals surface area (Å²) in [4.78, 5) is 11.7. The van der Waals surface area contributed by atoms with Crippen LogP contribution < -0.4 is 10.6 Å². The van der Waals surface area contributed by atoms with Crippen molar-refractivity contribution in [2.24, 2.45) is 5.92 Å². The molecule has 1 aromatic rings. The second-order valence-electron chi connectivity index (χ2n) is 5.53. The van der Waals surface area contributed by atoms with E-state index in [0.717, 1.165) is 24.4 Å². The van der Waals surface area contributed by atoms with Gasteiger partial charge in [-0.15, -0.1) is 0 Å². The van der Waals surface area contributed by atoms with Crippen LogP contribution in [0.5, 0.6) is 0 Å². The lowest BCUT2D eigenvalue weighted by atomic mass is 9.87. The Morgan fingerprint density at radius 1 is 1.20 bits per heavy atom. The normalized spacial score (nSPS) is 15.8. The molecule has 0 atom stereocenters. The highest BCUT2D eigenvalue weighted by Gasteiger charge is 2.13. The van der Waals surface area contributed by atoms with Crippen LogP contribution in [0.1, 0.15) is 44.1 Å². The monoisotopic (exact) mass is 294 g/mol.